The number of carbonyl (C=O) groups is 2. The lowest BCUT2D eigenvalue weighted by molar-refractivity contribution is -0.123. The number of amides is 1. The maximum Gasteiger partial charge on any atom is 0.387 e. The first-order valence-corrected chi connectivity index (χ1v) is 8.48. The Bertz CT molecular complexity index is 1010. The number of carbonyl (C=O) groups excluding carboxylic acids is 2. The standard InChI is InChI=1S/C21H17F2NO4/c1-13(27-20(26)16-7-4-8-18(12-16)28-21(22)23)19(25)24-17-10-9-14-5-2-3-6-15(14)11-17/h2-13,21H,1H3,(H,24,25)/t13-/m1/s1. The molecule has 3 rings (SSSR count). The van der Waals surface area contributed by atoms with Crippen LogP contribution in [0.25, 0.3) is 10.8 Å². The zero-order valence-electron chi connectivity index (χ0n) is 14.9. The van der Waals surface area contributed by atoms with Gasteiger partial charge < -0.3 is 14.8 Å². The molecule has 28 heavy (non-hydrogen) atoms. The number of fused-ring (bicyclic) bond motifs is 1. The number of alkyl halides is 2. The molecule has 7 heteroatoms. The first kappa shape index (κ1) is 19.3. The molecule has 0 aliphatic carbocycles. The molecule has 1 N–H and O–H groups in total. The van der Waals surface area contributed by atoms with Gasteiger partial charge in [-0.2, -0.15) is 8.78 Å². The Morgan fingerprint density at radius 2 is 1.68 bits per heavy atom. The fraction of sp³-hybridized carbons (Fsp3) is 0.143. The molecule has 0 heterocycles. The number of hydrogen-bond acceptors (Lipinski definition) is 4. The lowest BCUT2D eigenvalue weighted by Crippen LogP contribution is -2.30. The second-order valence-corrected chi connectivity index (χ2v) is 6.01. The third kappa shape index (κ3) is 4.82. The number of hydrogen-bond donors (Lipinski definition) is 1. The van der Waals surface area contributed by atoms with Gasteiger partial charge >= 0.3 is 12.6 Å². The normalized spacial score (nSPS) is 11.9. The Hall–Kier alpha value is -3.48. The molecule has 3 aromatic rings. The SMILES string of the molecule is C[C@@H](OC(=O)c1cccc(OC(F)F)c1)C(=O)Nc1ccc2ccccc2c1. The smallest absolute Gasteiger partial charge is 0.387 e. The number of rotatable bonds is 6. The number of ether oxygens (including phenoxy) is 2. The molecule has 0 bridgehead atoms. The van der Waals surface area contributed by atoms with E-state index in [1.54, 1.807) is 6.07 Å². The van der Waals surface area contributed by atoms with Crippen LogP contribution in [0.4, 0.5) is 14.5 Å². The summed E-state index contributed by atoms with van der Waals surface area (Å²) in [6, 6.07) is 18.3. The van der Waals surface area contributed by atoms with Crippen LogP contribution in [0.5, 0.6) is 5.75 Å². The van der Waals surface area contributed by atoms with Crippen molar-refractivity contribution < 1.29 is 27.8 Å². The molecular weight excluding hydrogens is 368 g/mol. The van der Waals surface area contributed by atoms with E-state index in [1.165, 1.54) is 25.1 Å². The van der Waals surface area contributed by atoms with Crippen LogP contribution >= 0.6 is 0 Å². The van der Waals surface area contributed by atoms with Gasteiger partial charge in [-0.15, -0.1) is 0 Å². The fourth-order valence-electron chi connectivity index (χ4n) is 2.59. The summed E-state index contributed by atoms with van der Waals surface area (Å²) in [5.41, 5.74) is 0.572. The third-order valence-corrected chi connectivity index (χ3v) is 3.96. The van der Waals surface area contributed by atoms with Crippen molar-refractivity contribution >= 4 is 28.3 Å². The molecule has 3 aromatic carbocycles. The maximum absolute atomic E-state index is 12.3. The number of halogens is 2. The molecule has 0 aliphatic heterocycles. The van der Waals surface area contributed by atoms with Gasteiger partial charge in [0, 0.05) is 5.69 Å². The van der Waals surface area contributed by atoms with E-state index < -0.39 is 24.6 Å². The van der Waals surface area contributed by atoms with Crippen LogP contribution in [0.2, 0.25) is 0 Å². The minimum absolute atomic E-state index is 0.00325. The molecule has 1 atom stereocenters. The third-order valence-electron chi connectivity index (χ3n) is 3.96. The average molecular weight is 385 g/mol. The molecule has 0 aromatic heterocycles. The Kier molecular flexibility index (Phi) is 5.84. The van der Waals surface area contributed by atoms with Gasteiger partial charge in [0.15, 0.2) is 6.10 Å². The van der Waals surface area contributed by atoms with Gasteiger partial charge in [-0.25, -0.2) is 4.79 Å². The second-order valence-electron chi connectivity index (χ2n) is 6.01. The summed E-state index contributed by atoms with van der Waals surface area (Å²) in [6.07, 6.45) is -1.08. The van der Waals surface area contributed by atoms with E-state index in [1.807, 2.05) is 36.4 Å². The first-order chi connectivity index (χ1) is 13.4. The van der Waals surface area contributed by atoms with Gasteiger partial charge in [-0.05, 0) is 48.0 Å². The molecule has 5 nitrogen and oxygen atoms in total. The zero-order chi connectivity index (χ0) is 20.1. The van der Waals surface area contributed by atoms with Crippen molar-refractivity contribution in [3.05, 3.63) is 72.3 Å². The molecule has 1 amide bonds. The Labute approximate surface area is 159 Å². The topological polar surface area (TPSA) is 64.6 Å². The van der Waals surface area contributed by atoms with Crippen LogP contribution in [-0.2, 0) is 9.53 Å². The summed E-state index contributed by atoms with van der Waals surface area (Å²) in [5.74, 6) is -1.50. The highest BCUT2D eigenvalue weighted by Crippen LogP contribution is 2.20. The molecule has 144 valence electrons. The Morgan fingerprint density at radius 1 is 0.929 bits per heavy atom. The number of anilines is 1. The predicted octanol–water partition coefficient (Wildman–Crippen LogP) is 4.63. The summed E-state index contributed by atoms with van der Waals surface area (Å²) in [7, 11) is 0. The van der Waals surface area contributed by atoms with Crippen molar-refractivity contribution in [1.29, 1.82) is 0 Å². The van der Waals surface area contributed by atoms with E-state index in [0.29, 0.717) is 5.69 Å². The van der Waals surface area contributed by atoms with Crippen molar-refractivity contribution in [3.8, 4) is 5.75 Å². The molecule has 0 radical (unpaired) electrons. The van der Waals surface area contributed by atoms with Gasteiger partial charge in [-0.1, -0.05) is 36.4 Å². The van der Waals surface area contributed by atoms with Crippen LogP contribution in [0.1, 0.15) is 17.3 Å². The maximum atomic E-state index is 12.3. The number of nitrogens with one attached hydrogen (secondary N) is 1. The molecule has 0 saturated heterocycles. The second kappa shape index (κ2) is 8.47. The van der Waals surface area contributed by atoms with Gasteiger partial charge in [0.1, 0.15) is 5.75 Å². The highest BCUT2D eigenvalue weighted by atomic mass is 19.3. The van der Waals surface area contributed by atoms with Crippen molar-refractivity contribution in [1.82, 2.24) is 0 Å². The highest BCUT2D eigenvalue weighted by Gasteiger charge is 2.20. The zero-order valence-corrected chi connectivity index (χ0v) is 14.9. The molecule has 0 saturated carbocycles. The molecule has 0 spiro atoms. The monoisotopic (exact) mass is 385 g/mol. The molecular formula is C21H17F2NO4. The van der Waals surface area contributed by atoms with Crippen LogP contribution in [-0.4, -0.2) is 24.6 Å². The fourth-order valence-corrected chi connectivity index (χ4v) is 2.59. The van der Waals surface area contributed by atoms with E-state index in [4.69, 9.17) is 4.74 Å². The van der Waals surface area contributed by atoms with E-state index in [-0.39, 0.29) is 11.3 Å². The average Bonchev–Trinajstić information content (AvgIpc) is 2.67. The van der Waals surface area contributed by atoms with Crippen molar-refractivity contribution in [3.63, 3.8) is 0 Å². The summed E-state index contributed by atoms with van der Waals surface area (Å²) in [4.78, 5) is 24.5. The van der Waals surface area contributed by atoms with E-state index >= 15 is 0 Å². The summed E-state index contributed by atoms with van der Waals surface area (Å²) >= 11 is 0. The lowest BCUT2D eigenvalue weighted by Gasteiger charge is -2.14. The minimum Gasteiger partial charge on any atom is -0.449 e. The van der Waals surface area contributed by atoms with Gasteiger partial charge in [0.2, 0.25) is 0 Å². The molecule has 0 aliphatic rings. The minimum atomic E-state index is -3.00. The highest BCUT2D eigenvalue weighted by molar-refractivity contribution is 5.99. The van der Waals surface area contributed by atoms with E-state index in [0.717, 1.165) is 16.8 Å². The Morgan fingerprint density at radius 3 is 2.43 bits per heavy atom. The van der Waals surface area contributed by atoms with Crippen LogP contribution in [0.15, 0.2) is 66.7 Å². The van der Waals surface area contributed by atoms with Crippen LogP contribution in [0.3, 0.4) is 0 Å². The number of esters is 1. The van der Waals surface area contributed by atoms with Crippen LogP contribution < -0.4 is 10.1 Å². The largest absolute Gasteiger partial charge is 0.449 e. The van der Waals surface area contributed by atoms with E-state index in [9.17, 15) is 18.4 Å². The van der Waals surface area contributed by atoms with Crippen molar-refractivity contribution in [2.24, 2.45) is 0 Å². The van der Waals surface area contributed by atoms with Crippen molar-refractivity contribution in [2.75, 3.05) is 5.32 Å². The van der Waals surface area contributed by atoms with Gasteiger partial charge in [0.05, 0.1) is 5.56 Å². The van der Waals surface area contributed by atoms with Crippen molar-refractivity contribution in [2.45, 2.75) is 19.6 Å². The first-order valence-electron chi connectivity index (χ1n) is 8.48. The summed E-state index contributed by atoms with van der Waals surface area (Å²) < 4.78 is 33.9. The lowest BCUT2D eigenvalue weighted by atomic mass is 10.1. The predicted molar refractivity (Wildman–Crippen MR) is 101 cm³/mol. The van der Waals surface area contributed by atoms with Gasteiger partial charge in [0.25, 0.3) is 5.91 Å². The van der Waals surface area contributed by atoms with Crippen LogP contribution in [0, 0.1) is 0 Å². The quantitative estimate of drug-likeness (QED) is 0.629. The number of benzene rings is 3. The Balaban J connectivity index is 1.63. The van der Waals surface area contributed by atoms with E-state index in [2.05, 4.69) is 10.1 Å². The molecule has 0 fully saturated rings. The van der Waals surface area contributed by atoms with Gasteiger partial charge in [-0.3, -0.25) is 4.79 Å². The summed E-state index contributed by atoms with van der Waals surface area (Å²) in [5, 5.41) is 4.68. The molecule has 0 unspecified atom stereocenters. The summed E-state index contributed by atoms with van der Waals surface area (Å²) in [6.45, 7) is -1.58.